The number of fused-ring (bicyclic) bond motifs is 8. The fraction of sp³-hybridized carbons (Fsp3) is 0.139. The van der Waals surface area contributed by atoms with Crippen LogP contribution in [0, 0.1) is 71.7 Å². The first-order valence-corrected chi connectivity index (χ1v) is 35.9. The highest BCUT2D eigenvalue weighted by Crippen LogP contribution is 2.28. The third-order valence-corrected chi connectivity index (χ3v) is 19.6. The molecule has 9 aromatic carbocycles. The van der Waals surface area contributed by atoms with Gasteiger partial charge >= 0.3 is 0 Å². The van der Waals surface area contributed by atoms with Gasteiger partial charge in [0.2, 0.25) is 0 Å². The molecule has 0 saturated carbocycles. The SMILES string of the molecule is CCCc1ccc(F)cc1.COc1ccc2sc(C)nc2c1.Cc1cccc2[nH]c(=S)sc12.Cc1nc2c(F)cccc2s1.Cc1nc2cc(Cl)ccc2o1.Cc1nc2ccc(Cl)cc2[nH]1.Cc1nc2ccccc2s1.Fc1ccc2[nH]c(=S)sc2c1.S=c1[nH]c2ccccc2[nH]1. The van der Waals surface area contributed by atoms with Crippen molar-refractivity contribution in [3.8, 4) is 5.75 Å². The topological polar surface area (TPSA) is 166 Å². The number of benzene rings is 9. The highest BCUT2D eigenvalue weighted by Gasteiger charge is 2.06. The summed E-state index contributed by atoms with van der Waals surface area (Å²) in [6, 6.07) is 55.5. The zero-order valence-corrected chi connectivity index (χ0v) is 61.5. The van der Waals surface area contributed by atoms with E-state index in [0.717, 1.165) is 113 Å². The van der Waals surface area contributed by atoms with E-state index < -0.39 is 0 Å². The number of thiazole rings is 5. The first-order valence-electron chi connectivity index (χ1n) is 29.8. The molecule has 0 aliphatic carbocycles. The van der Waals surface area contributed by atoms with Crippen molar-refractivity contribution in [3.05, 3.63) is 260 Å². The number of nitrogens with zero attached hydrogens (tertiary/aromatic N) is 5. The summed E-state index contributed by atoms with van der Waals surface area (Å²) in [5, 5.41) is 4.57. The highest BCUT2D eigenvalue weighted by atomic mass is 35.5. The fourth-order valence-electron chi connectivity index (χ4n) is 9.24. The molecule has 5 N–H and O–H groups in total. The molecule has 8 heterocycles. The number of hydrogen-bond donors (Lipinski definition) is 5. The number of H-pyrrole nitrogens is 5. The lowest BCUT2D eigenvalue weighted by Crippen LogP contribution is -1.81. The molecule has 496 valence electrons. The minimum Gasteiger partial charge on any atom is -0.497 e. The second-order valence-corrected chi connectivity index (χ2v) is 29.4. The van der Waals surface area contributed by atoms with E-state index in [1.165, 1.54) is 78.2 Å². The van der Waals surface area contributed by atoms with Crippen molar-refractivity contribution in [3.63, 3.8) is 0 Å². The van der Waals surface area contributed by atoms with Gasteiger partial charge in [-0.25, -0.2) is 38.1 Å². The van der Waals surface area contributed by atoms with Crippen molar-refractivity contribution in [2.45, 2.75) is 61.3 Å². The van der Waals surface area contributed by atoms with E-state index >= 15 is 0 Å². The molecule has 0 saturated heterocycles. The second-order valence-electron chi connectivity index (χ2n) is 21.0. The standard InChI is InChI=1S/C9H11F.C9H9NOS.C8H7ClN2.C8H6ClNO.C8H6FNS.C8H7NS2.C8H7NS.C7H4FNS2.C7H6N2S/c1-2-3-8-4-6-9(10)7-5-8;1-6-10-8-5-7(11-2)3-4-9(8)12-6;1-5-10-7-3-2-6(9)4-8(7)11-5;1-5-10-7-4-6(9)2-3-8(7)11-5;1-5-10-8-6(9)3-2-4-7(8)11-5;1-5-3-2-4-6-7(5)11-8(10)9-6;1-6-9-7-4-2-3-5-8(7)10-6;8-4-1-2-5-6(3-4)11-7(10)9-5;10-7-8-5-3-1-2-4-6(5)9-7/h4-7H,2-3H2,1H3;3-5H,1-2H3;2-4H,1H3,(H,10,11);2*2-4H,1H3;2-4H,1H3,(H,9,10);2-5H,1H3;1-3H,(H,9,10);1-4H,(H2,8,9,10). The van der Waals surface area contributed by atoms with Gasteiger partial charge in [-0.2, -0.15) is 0 Å². The first kappa shape index (κ1) is 72.9. The van der Waals surface area contributed by atoms with Gasteiger partial charge in [0, 0.05) is 23.0 Å². The molecule has 17 aromatic rings. The maximum absolute atomic E-state index is 12.9. The van der Waals surface area contributed by atoms with Crippen LogP contribution in [0.4, 0.5) is 13.2 Å². The lowest BCUT2D eigenvalue weighted by Gasteiger charge is -1.96. The van der Waals surface area contributed by atoms with Crippen LogP contribution < -0.4 is 4.74 Å². The summed E-state index contributed by atoms with van der Waals surface area (Å²) in [6.07, 6.45) is 2.16. The molecule has 0 unspecified atom stereocenters. The summed E-state index contributed by atoms with van der Waals surface area (Å²) in [5.74, 6) is 1.85. The molecule has 0 bridgehead atoms. The van der Waals surface area contributed by atoms with Gasteiger partial charge in [0.1, 0.15) is 40.1 Å². The number of aromatic nitrogens is 10. The predicted molar refractivity (Wildman–Crippen MR) is 412 cm³/mol. The summed E-state index contributed by atoms with van der Waals surface area (Å²) in [7, 11) is 1.67. The monoisotopic (exact) mass is 1480 g/mol. The summed E-state index contributed by atoms with van der Waals surface area (Å²) in [6.45, 7) is 13.9. The Morgan fingerprint density at radius 3 is 1.77 bits per heavy atom. The summed E-state index contributed by atoms with van der Waals surface area (Å²) < 4.78 is 56.0. The van der Waals surface area contributed by atoms with Crippen LogP contribution in [0.3, 0.4) is 0 Å². The van der Waals surface area contributed by atoms with Crippen LogP contribution >= 0.6 is 117 Å². The van der Waals surface area contributed by atoms with Gasteiger partial charge in [0.05, 0.1) is 89.8 Å². The minimum absolute atomic E-state index is 0.153. The van der Waals surface area contributed by atoms with Crippen LogP contribution in [0.5, 0.6) is 5.75 Å². The van der Waals surface area contributed by atoms with Crippen molar-refractivity contribution in [1.82, 2.24) is 49.8 Å². The van der Waals surface area contributed by atoms with Crippen LogP contribution in [-0.2, 0) is 6.42 Å². The van der Waals surface area contributed by atoms with E-state index in [4.69, 9.17) is 69.0 Å². The summed E-state index contributed by atoms with van der Waals surface area (Å²) >= 11 is 34.3. The number of methoxy groups -OCH3 is 1. The van der Waals surface area contributed by atoms with Crippen LogP contribution in [0.1, 0.15) is 51.2 Å². The number of aromatic amines is 5. The smallest absolute Gasteiger partial charge is 0.192 e. The van der Waals surface area contributed by atoms with E-state index in [1.807, 2.05) is 144 Å². The second kappa shape index (κ2) is 35.3. The molecule has 0 amide bonds. The number of hydrogen-bond acceptors (Lipinski definition) is 15. The number of para-hydroxylation sites is 4. The Labute approximate surface area is 602 Å². The number of nitrogens with one attached hydrogen (secondary N) is 5. The van der Waals surface area contributed by atoms with E-state index in [1.54, 1.807) is 65.4 Å². The van der Waals surface area contributed by atoms with Crippen molar-refractivity contribution < 1.29 is 22.3 Å². The Bertz CT molecular complexity index is 5440. The van der Waals surface area contributed by atoms with E-state index in [2.05, 4.69) is 81.9 Å². The Hall–Kier alpha value is -8.33. The van der Waals surface area contributed by atoms with Gasteiger partial charge in [0.15, 0.2) is 24.2 Å². The summed E-state index contributed by atoms with van der Waals surface area (Å²) in [4.78, 5) is 36.3. The average Bonchev–Trinajstić information content (AvgIpc) is 2.10. The van der Waals surface area contributed by atoms with Gasteiger partial charge in [-0.3, -0.25) is 0 Å². The minimum atomic E-state index is -0.230. The molecule has 0 aliphatic heterocycles. The Morgan fingerprint density at radius 2 is 1.07 bits per heavy atom. The van der Waals surface area contributed by atoms with Crippen LogP contribution in [0.25, 0.3) is 84.2 Å². The molecule has 0 aliphatic rings. The number of imidazole rings is 2. The third kappa shape index (κ3) is 21.6. The molecule has 8 aromatic heterocycles. The van der Waals surface area contributed by atoms with Gasteiger partial charge in [-0.05, 0) is 210 Å². The molecule has 25 heteroatoms. The lowest BCUT2D eigenvalue weighted by atomic mass is 10.1. The van der Waals surface area contributed by atoms with E-state index in [9.17, 15) is 13.2 Å². The van der Waals surface area contributed by atoms with E-state index in [-0.39, 0.29) is 17.5 Å². The Kier molecular flexibility index (Phi) is 26.5. The lowest BCUT2D eigenvalue weighted by molar-refractivity contribution is 0.415. The molecule has 17 rings (SSSR count). The first-order chi connectivity index (χ1) is 46.6. The summed E-state index contributed by atoms with van der Waals surface area (Å²) in [5.41, 5.74) is 12.9. The van der Waals surface area contributed by atoms with Gasteiger partial charge < -0.3 is 34.1 Å². The highest BCUT2D eigenvalue weighted by molar-refractivity contribution is 7.74. The van der Waals surface area contributed by atoms with Crippen LogP contribution in [-0.4, -0.2) is 56.9 Å². The van der Waals surface area contributed by atoms with Gasteiger partial charge in [-0.1, -0.05) is 91.1 Å². The number of rotatable bonds is 3. The maximum atomic E-state index is 12.9. The Balaban J connectivity index is 0.000000128. The van der Waals surface area contributed by atoms with Crippen LogP contribution in [0.2, 0.25) is 10.0 Å². The molecular formula is C72H63Cl2F3N10O2S8. The van der Waals surface area contributed by atoms with Crippen molar-refractivity contribution in [2.24, 2.45) is 0 Å². The zero-order chi connectivity index (χ0) is 69.1. The molecule has 0 radical (unpaired) electrons. The largest absolute Gasteiger partial charge is 0.497 e. The maximum Gasteiger partial charge on any atom is 0.192 e. The Morgan fingerprint density at radius 1 is 0.464 bits per heavy atom. The fourth-order valence-corrected chi connectivity index (χ4v) is 14.6. The zero-order valence-electron chi connectivity index (χ0n) is 53.4. The van der Waals surface area contributed by atoms with Crippen LogP contribution in [0.15, 0.2) is 186 Å². The number of oxazole rings is 1. The molecular weight excluding hydrogens is 1420 g/mol. The molecule has 0 fully saturated rings. The predicted octanol–water partition coefficient (Wildman–Crippen LogP) is 24.6. The normalized spacial score (nSPS) is 10.5. The third-order valence-electron chi connectivity index (χ3n) is 13.5. The van der Waals surface area contributed by atoms with Crippen molar-refractivity contribution in [1.29, 1.82) is 0 Å². The van der Waals surface area contributed by atoms with E-state index in [0.29, 0.717) is 25.2 Å². The van der Waals surface area contributed by atoms with Crippen molar-refractivity contribution >= 4 is 201 Å². The molecule has 0 atom stereocenters. The molecule has 0 spiro atoms. The molecule has 12 nitrogen and oxygen atoms in total. The number of ether oxygens (including phenoxy) is 1. The van der Waals surface area contributed by atoms with Gasteiger partial charge in [-0.15, -0.1) is 56.7 Å². The molecule has 97 heavy (non-hydrogen) atoms. The number of aryl methyl sites for hydroxylation is 7. The van der Waals surface area contributed by atoms with Gasteiger partial charge in [0.25, 0.3) is 0 Å². The van der Waals surface area contributed by atoms with Crippen molar-refractivity contribution in [2.75, 3.05) is 7.11 Å². The quantitative estimate of drug-likeness (QED) is 0.108. The number of halogens is 5. The average molecular weight is 1480 g/mol.